The molecule has 1 N–H and O–H groups in total. The van der Waals surface area contributed by atoms with E-state index in [1.165, 1.54) is 5.56 Å². The van der Waals surface area contributed by atoms with Crippen molar-refractivity contribution in [2.24, 2.45) is 5.92 Å². The highest BCUT2D eigenvalue weighted by Crippen LogP contribution is 2.23. The first-order valence-electron chi connectivity index (χ1n) is 7.69. The number of carboxylic acid groups (broad SMARTS) is 1. The Morgan fingerprint density at radius 3 is 2.71 bits per heavy atom. The maximum Gasteiger partial charge on any atom is 0.321 e. The van der Waals surface area contributed by atoms with E-state index in [-0.39, 0.29) is 0 Å². The summed E-state index contributed by atoms with van der Waals surface area (Å²) in [5, 5.41) is 9.43. The molecule has 1 aromatic carbocycles. The van der Waals surface area contributed by atoms with E-state index in [4.69, 9.17) is 4.74 Å². The Labute approximate surface area is 126 Å². The van der Waals surface area contributed by atoms with Crippen molar-refractivity contribution in [3.05, 3.63) is 35.4 Å². The number of benzene rings is 1. The van der Waals surface area contributed by atoms with E-state index in [0.29, 0.717) is 32.0 Å². The molecular formula is C17H25NO3. The van der Waals surface area contributed by atoms with E-state index in [2.05, 4.69) is 19.9 Å². The van der Waals surface area contributed by atoms with Crippen molar-refractivity contribution in [3.63, 3.8) is 0 Å². The van der Waals surface area contributed by atoms with E-state index < -0.39 is 12.0 Å². The number of hydrogen-bond acceptors (Lipinski definition) is 3. The van der Waals surface area contributed by atoms with Crippen LogP contribution in [0.5, 0.6) is 0 Å². The van der Waals surface area contributed by atoms with Crippen LogP contribution >= 0.6 is 0 Å². The second-order valence-corrected chi connectivity index (χ2v) is 6.09. The minimum Gasteiger partial charge on any atom is -0.480 e. The quantitative estimate of drug-likeness (QED) is 0.784. The normalized spacial score (nSPS) is 18.7. The summed E-state index contributed by atoms with van der Waals surface area (Å²) in [5.74, 6) is -0.106. The molecule has 0 bridgehead atoms. The van der Waals surface area contributed by atoms with Gasteiger partial charge in [-0.15, -0.1) is 0 Å². The molecule has 1 heterocycles. The van der Waals surface area contributed by atoms with Gasteiger partial charge in [-0.2, -0.15) is 0 Å². The first-order valence-corrected chi connectivity index (χ1v) is 7.69. The van der Waals surface area contributed by atoms with Crippen LogP contribution in [0.3, 0.4) is 0 Å². The van der Waals surface area contributed by atoms with Crippen LogP contribution in [-0.4, -0.2) is 41.8 Å². The van der Waals surface area contributed by atoms with Crippen LogP contribution in [0.25, 0.3) is 0 Å². The Bertz CT molecular complexity index is 473. The molecule has 0 aliphatic carbocycles. The van der Waals surface area contributed by atoms with Gasteiger partial charge in [-0.25, -0.2) is 0 Å². The lowest BCUT2D eigenvalue weighted by Crippen LogP contribution is -2.46. The van der Waals surface area contributed by atoms with Crippen molar-refractivity contribution < 1.29 is 14.6 Å². The summed E-state index contributed by atoms with van der Waals surface area (Å²) in [5.41, 5.74) is 2.39. The highest BCUT2D eigenvalue weighted by Gasteiger charge is 2.30. The number of fused-ring (bicyclic) bond motifs is 1. The number of carbonyl (C=O) groups is 1. The minimum atomic E-state index is -0.744. The van der Waals surface area contributed by atoms with Gasteiger partial charge in [0.15, 0.2) is 0 Å². The largest absolute Gasteiger partial charge is 0.480 e. The molecule has 1 aliphatic heterocycles. The van der Waals surface area contributed by atoms with E-state index in [9.17, 15) is 9.90 Å². The molecule has 0 spiro atoms. The third-order valence-electron chi connectivity index (χ3n) is 3.99. The van der Waals surface area contributed by atoms with Gasteiger partial charge in [0.25, 0.3) is 0 Å². The smallest absolute Gasteiger partial charge is 0.321 e. The molecule has 1 aliphatic rings. The Morgan fingerprint density at radius 2 is 2.05 bits per heavy atom. The molecule has 1 atom stereocenters. The molecule has 2 rings (SSSR count). The average molecular weight is 291 g/mol. The fourth-order valence-corrected chi connectivity index (χ4v) is 2.66. The van der Waals surface area contributed by atoms with Crippen LogP contribution in [0.15, 0.2) is 24.3 Å². The van der Waals surface area contributed by atoms with Gasteiger partial charge in [-0.3, -0.25) is 9.69 Å². The second-order valence-electron chi connectivity index (χ2n) is 6.09. The molecule has 0 radical (unpaired) electrons. The molecule has 4 nitrogen and oxygen atoms in total. The van der Waals surface area contributed by atoms with Crippen LogP contribution in [0.1, 0.15) is 31.4 Å². The standard InChI is InChI=1S/C17H25NO3/c1-13(2)7-9-21-10-8-18-12-15-6-4-3-5-14(15)11-16(18)17(19)20/h3-6,13,16H,7-12H2,1-2H3,(H,19,20)/t16-/m0/s1. The first-order chi connectivity index (χ1) is 10.1. The van der Waals surface area contributed by atoms with Crippen LogP contribution < -0.4 is 0 Å². The van der Waals surface area contributed by atoms with Gasteiger partial charge in [0.2, 0.25) is 0 Å². The lowest BCUT2D eigenvalue weighted by atomic mass is 9.94. The molecule has 4 heteroatoms. The average Bonchev–Trinajstić information content (AvgIpc) is 2.45. The fraction of sp³-hybridized carbons (Fsp3) is 0.588. The number of aliphatic carboxylic acids is 1. The first kappa shape index (κ1) is 16.0. The zero-order chi connectivity index (χ0) is 15.2. The number of rotatable bonds is 7. The molecule has 0 amide bonds. The summed E-state index contributed by atoms with van der Waals surface area (Å²) in [6, 6.07) is 7.66. The zero-order valence-electron chi connectivity index (χ0n) is 12.9. The van der Waals surface area contributed by atoms with Crippen molar-refractivity contribution in [1.29, 1.82) is 0 Å². The van der Waals surface area contributed by atoms with Crippen LogP contribution in [0.2, 0.25) is 0 Å². The van der Waals surface area contributed by atoms with Gasteiger partial charge in [0.1, 0.15) is 6.04 Å². The molecule has 0 saturated carbocycles. The van der Waals surface area contributed by atoms with Gasteiger partial charge in [0.05, 0.1) is 6.61 Å². The van der Waals surface area contributed by atoms with E-state index in [0.717, 1.165) is 18.6 Å². The molecule has 21 heavy (non-hydrogen) atoms. The summed E-state index contributed by atoms with van der Waals surface area (Å²) in [6.45, 7) is 7.05. The topological polar surface area (TPSA) is 49.8 Å². The van der Waals surface area contributed by atoms with Crippen LogP contribution in [-0.2, 0) is 22.5 Å². The lowest BCUT2D eigenvalue weighted by Gasteiger charge is -2.34. The van der Waals surface area contributed by atoms with Crippen molar-refractivity contribution in [1.82, 2.24) is 4.90 Å². The number of hydrogen-bond donors (Lipinski definition) is 1. The van der Waals surface area contributed by atoms with Gasteiger partial charge >= 0.3 is 5.97 Å². The Kier molecular flexibility index (Phi) is 5.76. The Balaban J connectivity index is 1.89. The molecule has 0 saturated heterocycles. The maximum absolute atomic E-state index is 11.5. The number of nitrogens with zero attached hydrogens (tertiary/aromatic N) is 1. The predicted octanol–water partition coefficient (Wildman–Crippen LogP) is 2.56. The maximum atomic E-state index is 11.5. The fourth-order valence-electron chi connectivity index (χ4n) is 2.66. The summed E-state index contributed by atoms with van der Waals surface area (Å²) in [7, 11) is 0. The third kappa shape index (κ3) is 4.55. The van der Waals surface area contributed by atoms with Gasteiger partial charge in [-0.1, -0.05) is 38.1 Å². The summed E-state index contributed by atoms with van der Waals surface area (Å²) in [4.78, 5) is 13.5. The highest BCUT2D eigenvalue weighted by atomic mass is 16.5. The Hall–Kier alpha value is -1.39. The van der Waals surface area contributed by atoms with Crippen LogP contribution in [0, 0.1) is 5.92 Å². The van der Waals surface area contributed by atoms with Crippen molar-refractivity contribution in [2.45, 2.75) is 39.3 Å². The van der Waals surface area contributed by atoms with Crippen molar-refractivity contribution in [3.8, 4) is 0 Å². The summed E-state index contributed by atoms with van der Waals surface area (Å²) in [6.07, 6.45) is 1.63. The highest BCUT2D eigenvalue weighted by molar-refractivity contribution is 5.74. The van der Waals surface area contributed by atoms with Crippen LogP contribution in [0.4, 0.5) is 0 Å². The van der Waals surface area contributed by atoms with E-state index >= 15 is 0 Å². The molecule has 0 unspecified atom stereocenters. The molecule has 0 fully saturated rings. The summed E-state index contributed by atoms with van der Waals surface area (Å²) >= 11 is 0. The number of carboxylic acids is 1. The SMILES string of the molecule is CC(C)CCOCCN1Cc2ccccc2C[C@H]1C(=O)O. The molecule has 1 aromatic rings. The second kappa shape index (κ2) is 7.57. The molecular weight excluding hydrogens is 266 g/mol. The van der Waals surface area contributed by atoms with Crippen molar-refractivity contribution in [2.75, 3.05) is 19.8 Å². The molecule has 0 aromatic heterocycles. The lowest BCUT2D eigenvalue weighted by molar-refractivity contribution is -0.144. The monoisotopic (exact) mass is 291 g/mol. The minimum absolute atomic E-state index is 0.436. The van der Waals surface area contributed by atoms with E-state index in [1.807, 2.05) is 23.1 Å². The van der Waals surface area contributed by atoms with Gasteiger partial charge in [0, 0.05) is 19.7 Å². The van der Waals surface area contributed by atoms with Gasteiger partial charge < -0.3 is 9.84 Å². The molecule has 116 valence electrons. The predicted molar refractivity (Wildman–Crippen MR) is 82.3 cm³/mol. The zero-order valence-corrected chi connectivity index (χ0v) is 12.9. The number of ether oxygens (including phenoxy) is 1. The summed E-state index contributed by atoms with van der Waals surface area (Å²) < 4.78 is 5.63. The van der Waals surface area contributed by atoms with Gasteiger partial charge in [-0.05, 0) is 29.9 Å². The Morgan fingerprint density at radius 1 is 1.33 bits per heavy atom. The third-order valence-corrected chi connectivity index (χ3v) is 3.99. The van der Waals surface area contributed by atoms with E-state index in [1.54, 1.807) is 0 Å². The van der Waals surface area contributed by atoms with Crippen molar-refractivity contribution >= 4 is 5.97 Å².